The van der Waals surface area contributed by atoms with Crippen LogP contribution in [0, 0.1) is 0 Å². The van der Waals surface area contributed by atoms with Crippen molar-refractivity contribution < 1.29 is 9.84 Å². The summed E-state index contributed by atoms with van der Waals surface area (Å²) in [6.45, 7) is 0.198. The Morgan fingerprint density at radius 1 is 0.815 bits per heavy atom. The Morgan fingerprint density at radius 3 is 2.04 bits per heavy atom. The summed E-state index contributed by atoms with van der Waals surface area (Å²) in [6.07, 6.45) is 1.67. The molecule has 0 aliphatic rings. The molecule has 0 saturated heterocycles. The normalized spacial score (nSPS) is 13.0. The molecule has 3 heteroatoms. The van der Waals surface area contributed by atoms with Gasteiger partial charge in [0.25, 0.3) is 0 Å². The summed E-state index contributed by atoms with van der Waals surface area (Å²) < 4.78 is 5.32. The number of methoxy groups -OCH3 is 1. The summed E-state index contributed by atoms with van der Waals surface area (Å²) in [7, 11) is 1.68. The number of hydrogen-bond acceptors (Lipinski definition) is 3. The van der Waals surface area contributed by atoms with Crippen molar-refractivity contribution in [3.05, 3.63) is 96.1 Å². The van der Waals surface area contributed by atoms with Gasteiger partial charge in [-0.1, -0.05) is 60.7 Å². The minimum Gasteiger partial charge on any atom is -0.497 e. The SMILES string of the molecule is COc1ccc(C(Nc2ccccc2)C(CCCO)c2ccccc2)cc1. The highest BCUT2D eigenvalue weighted by atomic mass is 16.5. The molecule has 0 aliphatic heterocycles. The van der Waals surface area contributed by atoms with Crippen molar-refractivity contribution in [1.82, 2.24) is 0 Å². The molecule has 27 heavy (non-hydrogen) atoms. The predicted octanol–water partition coefficient (Wildman–Crippen LogP) is 5.40. The van der Waals surface area contributed by atoms with Crippen LogP contribution in [0.1, 0.15) is 35.9 Å². The van der Waals surface area contributed by atoms with Gasteiger partial charge in [0.15, 0.2) is 0 Å². The molecule has 0 aliphatic carbocycles. The third-order valence-corrected chi connectivity index (χ3v) is 4.87. The summed E-state index contributed by atoms with van der Waals surface area (Å²) in [5.74, 6) is 1.09. The van der Waals surface area contributed by atoms with Gasteiger partial charge in [0, 0.05) is 18.2 Å². The van der Waals surface area contributed by atoms with Gasteiger partial charge < -0.3 is 15.2 Å². The average molecular weight is 361 g/mol. The molecule has 2 unspecified atom stereocenters. The third kappa shape index (κ3) is 5.11. The third-order valence-electron chi connectivity index (χ3n) is 4.87. The van der Waals surface area contributed by atoms with Gasteiger partial charge in [-0.15, -0.1) is 0 Å². The number of benzene rings is 3. The van der Waals surface area contributed by atoms with Gasteiger partial charge in [-0.05, 0) is 48.2 Å². The van der Waals surface area contributed by atoms with Gasteiger partial charge in [-0.3, -0.25) is 0 Å². The highest BCUT2D eigenvalue weighted by molar-refractivity contribution is 5.47. The van der Waals surface area contributed by atoms with Crippen LogP contribution in [-0.4, -0.2) is 18.8 Å². The van der Waals surface area contributed by atoms with E-state index in [0.717, 1.165) is 24.3 Å². The van der Waals surface area contributed by atoms with E-state index in [0.29, 0.717) is 0 Å². The number of aliphatic hydroxyl groups excluding tert-OH is 1. The maximum absolute atomic E-state index is 9.44. The highest BCUT2D eigenvalue weighted by Crippen LogP contribution is 2.37. The monoisotopic (exact) mass is 361 g/mol. The van der Waals surface area contributed by atoms with Crippen molar-refractivity contribution in [2.75, 3.05) is 19.0 Å². The molecule has 0 spiro atoms. The maximum atomic E-state index is 9.44. The molecule has 140 valence electrons. The zero-order valence-corrected chi connectivity index (χ0v) is 15.7. The number of ether oxygens (including phenoxy) is 1. The summed E-state index contributed by atoms with van der Waals surface area (Å²) in [4.78, 5) is 0. The molecule has 0 fully saturated rings. The molecule has 0 radical (unpaired) electrons. The van der Waals surface area contributed by atoms with Gasteiger partial charge in [-0.2, -0.15) is 0 Å². The van der Waals surface area contributed by atoms with E-state index in [2.05, 4.69) is 53.8 Å². The molecule has 0 heterocycles. The van der Waals surface area contributed by atoms with Crippen LogP contribution in [0.2, 0.25) is 0 Å². The maximum Gasteiger partial charge on any atom is 0.118 e. The summed E-state index contributed by atoms with van der Waals surface area (Å²) in [5.41, 5.74) is 3.56. The van der Waals surface area contributed by atoms with Crippen molar-refractivity contribution in [3.63, 3.8) is 0 Å². The second kappa shape index (κ2) is 9.79. The van der Waals surface area contributed by atoms with Gasteiger partial charge >= 0.3 is 0 Å². The molecule has 3 aromatic carbocycles. The topological polar surface area (TPSA) is 41.5 Å². The van der Waals surface area contributed by atoms with Crippen LogP contribution < -0.4 is 10.1 Å². The first-order valence-electron chi connectivity index (χ1n) is 9.43. The number of nitrogens with one attached hydrogen (secondary N) is 1. The van der Waals surface area contributed by atoms with Crippen molar-refractivity contribution >= 4 is 5.69 Å². The van der Waals surface area contributed by atoms with Crippen LogP contribution >= 0.6 is 0 Å². The first-order chi connectivity index (χ1) is 13.3. The highest BCUT2D eigenvalue weighted by Gasteiger charge is 2.24. The number of rotatable bonds is 9. The molecule has 3 aromatic rings. The lowest BCUT2D eigenvalue weighted by molar-refractivity contribution is 0.277. The fourth-order valence-electron chi connectivity index (χ4n) is 3.48. The summed E-state index contributed by atoms with van der Waals surface area (Å²) in [6, 6.07) is 29.2. The zero-order valence-electron chi connectivity index (χ0n) is 15.7. The van der Waals surface area contributed by atoms with E-state index in [4.69, 9.17) is 4.74 Å². The molecule has 2 atom stereocenters. The minimum atomic E-state index is 0.0901. The Labute approximate surface area is 161 Å². The van der Waals surface area contributed by atoms with E-state index in [1.165, 1.54) is 11.1 Å². The second-order valence-electron chi connectivity index (χ2n) is 6.64. The van der Waals surface area contributed by atoms with E-state index < -0.39 is 0 Å². The second-order valence-corrected chi connectivity index (χ2v) is 6.64. The lowest BCUT2D eigenvalue weighted by Crippen LogP contribution is -2.20. The summed E-state index contributed by atoms with van der Waals surface area (Å²) in [5, 5.41) is 13.2. The van der Waals surface area contributed by atoms with Crippen molar-refractivity contribution in [2.45, 2.75) is 24.8 Å². The lowest BCUT2D eigenvalue weighted by atomic mass is 9.83. The Bertz CT molecular complexity index is 788. The lowest BCUT2D eigenvalue weighted by Gasteiger charge is -2.30. The Hall–Kier alpha value is -2.78. The Morgan fingerprint density at radius 2 is 1.44 bits per heavy atom. The number of hydrogen-bond donors (Lipinski definition) is 2. The average Bonchev–Trinajstić information content (AvgIpc) is 2.75. The molecule has 3 rings (SSSR count). The van der Waals surface area contributed by atoms with Crippen molar-refractivity contribution in [1.29, 1.82) is 0 Å². The first-order valence-corrected chi connectivity index (χ1v) is 9.43. The van der Waals surface area contributed by atoms with Gasteiger partial charge in [0.05, 0.1) is 13.2 Å². The summed E-state index contributed by atoms with van der Waals surface area (Å²) >= 11 is 0. The smallest absolute Gasteiger partial charge is 0.118 e. The number of aliphatic hydroxyl groups is 1. The van der Waals surface area contributed by atoms with Crippen LogP contribution in [0.25, 0.3) is 0 Å². The fraction of sp³-hybridized carbons (Fsp3) is 0.250. The van der Waals surface area contributed by atoms with E-state index in [9.17, 15) is 5.11 Å². The molecular formula is C24H27NO2. The number of para-hydroxylation sites is 1. The van der Waals surface area contributed by atoms with Crippen LogP contribution in [0.3, 0.4) is 0 Å². The van der Waals surface area contributed by atoms with Gasteiger partial charge in [0.1, 0.15) is 5.75 Å². The molecule has 0 saturated carbocycles. The largest absolute Gasteiger partial charge is 0.497 e. The van der Waals surface area contributed by atoms with E-state index in [1.807, 2.05) is 36.4 Å². The zero-order chi connectivity index (χ0) is 18.9. The fourth-order valence-corrected chi connectivity index (χ4v) is 3.48. The predicted molar refractivity (Wildman–Crippen MR) is 111 cm³/mol. The molecule has 0 bridgehead atoms. The quantitative estimate of drug-likeness (QED) is 0.536. The van der Waals surface area contributed by atoms with Crippen molar-refractivity contribution in [2.24, 2.45) is 0 Å². The molecule has 0 aromatic heterocycles. The van der Waals surface area contributed by atoms with Crippen LogP contribution in [0.4, 0.5) is 5.69 Å². The molecule has 2 N–H and O–H groups in total. The van der Waals surface area contributed by atoms with Crippen LogP contribution in [0.15, 0.2) is 84.9 Å². The first kappa shape index (κ1) is 19.0. The van der Waals surface area contributed by atoms with Gasteiger partial charge in [0.2, 0.25) is 0 Å². The van der Waals surface area contributed by atoms with E-state index >= 15 is 0 Å². The number of anilines is 1. The molecular weight excluding hydrogens is 334 g/mol. The van der Waals surface area contributed by atoms with E-state index in [-0.39, 0.29) is 18.6 Å². The Balaban J connectivity index is 1.98. The molecule has 3 nitrogen and oxygen atoms in total. The van der Waals surface area contributed by atoms with Gasteiger partial charge in [-0.25, -0.2) is 0 Å². The Kier molecular flexibility index (Phi) is 6.89. The van der Waals surface area contributed by atoms with Crippen molar-refractivity contribution in [3.8, 4) is 5.75 Å². The van der Waals surface area contributed by atoms with E-state index in [1.54, 1.807) is 7.11 Å². The standard InChI is InChI=1S/C24H27NO2/c1-27-22-16-14-20(15-17-22)24(25-21-11-6-3-7-12-21)23(13-8-18-26)19-9-4-2-5-10-19/h2-7,9-12,14-17,23-26H,8,13,18H2,1H3. The van der Waals surface area contributed by atoms with Crippen LogP contribution in [0.5, 0.6) is 5.75 Å². The molecule has 0 amide bonds. The minimum absolute atomic E-state index is 0.0901. The van der Waals surface area contributed by atoms with Crippen LogP contribution in [-0.2, 0) is 0 Å².